The van der Waals surface area contributed by atoms with E-state index in [1.54, 1.807) is 0 Å². The molecule has 0 radical (unpaired) electrons. The fourth-order valence-electron chi connectivity index (χ4n) is 4.52. The number of anilines is 1. The summed E-state index contributed by atoms with van der Waals surface area (Å²) in [5, 5.41) is 0. The van der Waals surface area contributed by atoms with Crippen LogP contribution in [0.15, 0.2) is 60.7 Å². The molecular weight excluding hydrogens is 396 g/mol. The van der Waals surface area contributed by atoms with Gasteiger partial charge in [-0.2, -0.15) is 0 Å². The average molecular weight is 429 g/mol. The highest BCUT2D eigenvalue weighted by Gasteiger charge is 2.30. The van der Waals surface area contributed by atoms with Crippen LogP contribution in [0, 0.1) is 0 Å². The van der Waals surface area contributed by atoms with E-state index in [1.165, 1.54) is 0 Å². The van der Waals surface area contributed by atoms with Gasteiger partial charge in [0.15, 0.2) is 5.82 Å². The molecule has 1 atom stereocenters. The number of hydrogen-bond acceptors (Lipinski definition) is 4. The zero-order chi connectivity index (χ0) is 22.5. The van der Waals surface area contributed by atoms with E-state index < -0.39 is 0 Å². The van der Waals surface area contributed by atoms with Gasteiger partial charge in [0, 0.05) is 37.7 Å². The SMILES string of the molecule is CCCN(C)c1nc(-c2ccccc2)nc2c1CN(C(=O)C(CC)c1ccccc1)CC2. The van der Waals surface area contributed by atoms with Crippen LogP contribution in [0.3, 0.4) is 0 Å². The van der Waals surface area contributed by atoms with Gasteiger partial charge in [-0.15, -0.1) is 0 Å². The van der Waals surface area contributed by atoms with E-state index in [1.807, 2.05) is 41.3 Å². The summed E-state index contributed by atoms with van der Waals surface area (Å²) < 4.78 is 0. The maximum absolute atomic E-state index is 13.5. The number of amides is 1. The van der Waals surface area contributed by atoms with E-state index in [4.69, 9.17) is 9.97 Å². The summed E-state index contributed by atoms with van der Waals surface area (Å²) in [6.07, 6.45) is 2.57. The van der Waals surface area contributed by atoms with Crippen LogP contribution >= 0.6 is 0 Å². The topological polar surface area (TPSA) is 49.3 Å². The van der Waals surface area contributed by atoms with Crippen LogP contribution in [0.25, 0.3) is 11.4 Å². The molecule has 0 spiro atoms. The minimum Gasteiger partial charge on any atom is -0.359 e. The molecule has 1 aromatic heterocycles. The lowest BCUT2D eigenvalue weighted by molar-refractivity contribution is -0.133. The van der Waals surface area contributed by atoms with Crippen LogP contribution in [-0.4, -0.2) is 40.9 Å². The van der Waals surface area contributed by atoms with Crippen LogP contribution in [0.4, 0.5) is 5.82 Å². The van der Waals surface area contributed by atoms with Crippen molar-refractivity contribution in [3.05, 3.63) is 77.5 Å². The van der Waals surface area contributed by atoms with Crippen LogP contribution in [-0.2, 0) is 17.8 Å². The molecular formula is C27H32N4O. The summed E-state index contributed by atoms with van der Waals surface area (Å²) in [4.78, 5) is 27.6. The monoisotopic (exact) mass is 428 g/mol. The summed E-state index contributed by atoms with van der Waals surface area (Å²) in [7, 11) is 2.08. The Morgan fingerprint density at radius 2 is 1.72 bits per heavy atom. The van der Waals surface area contributed by atoms with Crippen molar-refractivity contribution in [1.29, 1.82) is 0 Å². The molecule has 1 aliphatic rings. The molecule has 1 aliphatic heterocycles. The number of fused-ring (bicyclic) bond motifs is 1. The van der Waals surface area contributed by atoms with E-state index in [2.05, 4.69) is 50.1 Å². The predicted molar refractivity (Wildman–Crippen MR) is 130 cm³/mol. The second kappa shape index (κ2) is 9.94. The molecule has 4 rings (SSSR count). The Hall–Kier alpha value is -3.21. The third kappa shape index (κ3) is 4.52. The Balaban J connectivity index is 1.67. The van der Waals surface area contributed by atoms with Crippen LogP contribution in [0.1, 0.15) is 49.4 Å². The highest BCUT2D eigenvalue weighted by Crippen LogP contribution is 2.31. The lowest BCUT2D eigenvalue weighted by Crippen LogP contribution is -2.40. The van der Waals surface area contributed by atoms with E-state index in [-0.39, 0.29) is 11.8 Å². The number of rotatable bonds is 7. The number of nitrogens with zero attached hydrogens (tertiary/aromatic N) is 4. The Labute approximate surface area is 191 Å². The van der Waals surface area contributed by atoms with Crippen molar-refractivity contribution >= 4 is 11.7 Å². The van der Waals surface area contributed by atoms with Gasteiger partial charge < -0.3 is 9.80 Å². The number of aromatic nitrogens is 2. The van der Waals surface area contributed by atoms with Crippen molar-refractivity contribution < 1.29 is 4.79 Å². The fraction of sp³-hybridized carbons (Fsp3) is 0.370. The molecule has 0 saturated heterocycles. The lowest BCUT2D eigenvalue weighted by Gasteiger charge is -2.34. The van der Waals surface area contributed by atoms with E-state index in [0.29, 0.717) is 13.1 Å². The molecule has 0 saturated carbocycles. The van der Waals surface area contributed by atoms with Crippen molar-refractivity contribution in [2.45, 2.75) is 45.6 Å². The molecule has 1 unspecified atom stereocenters. The van der Waals surface area contributed by atoms with E-state index in [0.717, 1.165) is 59.8 Å². The Kier molecular flexibility index (Phi) is 6.84. The fourth-order valence-corrected chi connectivity index (χ4v) is 4.52. The van der Waals surface area contributed by atoms with Gasteiger partial charge in [0.05, 0.1) is 18.2 Å². The highest BCUT2D eigenvalue weighted by molar-refractivity contribution is 5.84. The van der Waals surface area contributed by atoms with Gasteiger partial charge in [-0.3, -0.25) is 4.79 Å². The Morgan fingerprint density at radius 1 is 1.03 bits per heavy atom. The number of carbonyl (C=O) groups is 1. The molecule has 2 heterocycles. The van der Waals surface area contributed by atoms with Crippen molar-refractivity contribution in [2.24, 2.45) is 0 Å². The Bertz CT molecular complexity index is 1050. The van der Waals surface area contributed by atoms with Gasteiger partial charge in [0.25, 0.3) is 0 Å². The van der Waals surface area contributed by atoms with Crippen molar-refractivity contribution in [3.63, 3.8) is 0 Å². The average Bonchev–Trinajstić information content (AvgIpc) is 2.84. The summed E-state index contributed by atoms with van der Waals surface area (Å²) in [5.74, 6) is 1.79. The standard InChI is InChI=1S/C27H32N4O/c1-4-17-30(3)26-23-19-31(27(32)22(5-2)20-12-8-6-9-13-20)18-16-24(23)28-25(29-26)21-14-10-7-11-15-21/h6-15,22H,4-5,16-19H2,1-3H3. The third-order valence-corrected chi connectivity index (χ3v) is 6.21. The third-order valence-electron chi connectivity index (χ3n) is 6.21. The summed E-state index contributed by atoms with van der Waals surface area (Å²) >= 11 is 0. The van der Waals surface area contributed by atoms with Gasteiger partial charge in [-0.25, -0.2) is 9.97 Å². The van der Waals surface area contributed by atoms with Crippen LogP contribution in [0.5, 0.6) is 0 Å². The number of hydrogen-bond donors (Lipinski definition) is 0. The van der Waals surface area contributed by atoms with Crippen LogP contribution in [0.2, 0.25) is 0 Å². The minimum atomic E-state index is -0.112. The Morgan fingerprint density at radius 3 is 2.38 bits per heavy atom. The van der Waals surface area contributed by atoms with E-state index in [9.17, 15) is 4.79 Å². The first-order chi connectivity index (χ1) is 15.6. The summed E-state index contributed by atoms with van der Waals surface area (Å²) in [6, 6.07) is 20.3. The first kappa shape index (κ1) is 22.0. The van der Waals surface area contributed by atoms with Crippen LogP contribution < -0.4 is 4.90 Å². The van der Waals surface area contributed by atoms with Gasteiger partial charge >= 0.3 is 0 Å². The minimum absolute atomic E-state index is 0.112. The second-order valence-electron chi connectivity index (χ2n) is 8.46. The second-order valence-corrected chi connectivity index (χ2v) is 8.46. The number of carbonyl (C=O) groups excluding carboxylic acids is 1. The molecule has 166 valence electrons. The first-order valence-electron chi connectivity index (χ1n) is 11.6. The van der Waals surface area contributed by atoms with Gasteiger partial charge in [-0.05, 0) is 18.4 Å². The van der Waals surface area contributed by atoms with E-state index >= 15 is 0 Å². The van der Waals surface area contributed by atoms with Gasteiger partial charge in [0.2, 0.25) is 5.91 Å². The quantitative estimate of drug-likeness (QED) is 0.527. The van der Waals surface area contributed by atoms with Crippen molar-refractivity contribution in [2.75, 3.05) is 25.0 Å². The molecule has 0 bridgehead atoms. The smallest absolute Gasteiger partial charge is 0.230 e. The molecule has 5 nitrogen and oxygen atoms in total. The van der Waals surface area contributed by atoms with Crippen molar-refractivity contribution in [3.8, 4) is 11.4 Å². The number of benzene rings is 2. The maximum atomic E-state index is 13.5. The molecule has 0 N–H and O–H groups in total. The predicted octanol–water partition coefficient (Wildman–Crippen LogP) is 5.07. The van der Waals surface area contributed by atoms with Gasteiger partial charge in [0.1, 0.15) is 5.82 Å². The zero-order valence-corrected chi connectivity index (χ0v) is 19.3. The molecule has 5 heteroatoms. The lowest BCUT2D eigenvalue weighted by atomic mass is 9.93. The zero-order valence-electron chi connectivity index (χ0n) is 19.3. The largest absolute Gasteiger partial charge is 0.359 e. The molecule has 2 aromatic carbocycles. The molecule has 1 amide bonds. The first-order valence-corrected chi connectivity index (χ1v) is 11.6. The summed E-state index contributed by atoms with van der Waals surface area (Å²) in [6.45, 7) is 6.42. The molecule has 0 aliphatic carbocycles. The summed E-state index contributed by atoms with van der Waals surface area (Å²) in [5.41, 5.74) is 4.26. The molecule has 0 fully saturated rings. The highest BCUT2D eigenvalue weighted by atomic mass is 16.2. The van der Waals surface area contributed by atoms with Gasteiger partial charge in [-0.1, -0.05) is 74.5 Å². The molecule has 3 aromatic rings. The molecule has 32 heavy (non-hydrogen) atoms. The van der Waals surface area contributed by atoms with Crippen molar-refractivity contribution in [1.82, 2.24) is 14.9 Å². The maximum Gasteiger partial charge on any atom is 0.230 e. The normalized spacial score (nSPS) is 14.0.